The fourth-order valence-corrected chi connectivity index (χ4v) is 3.60. The van der Waals surface area contributed by atoms with Gasteiger partial charge in [0.15, 0.2) is 0 Å². The molecule has 0 aliphatic heterocycles. The Kier molecular flexibility index (Phi) is 8.09. The number of aliphatic imine (C=N–C) groups is 2. The molecule has 3 aromatic heterocycles. The number of hydrogen-bond acceptors (Lipinski definition) is 4. The molecule has 171 valence electrons. The van der Waals surface area contributed by atoms with Gasteiger partial charge in [0.05, 0.1) is 22.4 Å². The number of hydrogen-bond donors (Lipinski definition) is 0. The van der Waals surface area contributed by atoms with E-state index in [4.69, 9.17) is 35.2 Å². The van der Waals surface area contributed by atoms with Crippen LogP contribution in [0.15, 0.2) is 95.2 Å². The molecule has 5 aromatic rings. The van der Waals surface area contributed by atoms with Gasteiger partial charge < -0.3 is 4.98 Å². The van der Waals surface area contributed by atoms with Crippen molar-refractivity contribution in [2.24, 2.45) is 9.98 Å². The molecule has 0 spiro atoms. The molecule has 0 bridgehead atoms. The minimum atomic E-state index is 0.194. The molecule has 0 unspecified atom stereocenters. The number of benzene rings is 2. The van der Waals surface area contributed by atoms with Gasteiger partial charge in [-0.15, -0.1) is 11.4 Å². The van der Waals surface area contributed by atoms with Crippen molar-refractivity contribution >= 4 is 64.8 Å². The molecule has 0 N–H and O–H groups in total. The van der Waals surface area contributed by atoms with E-state index in [0.29, 0.717) is 0 Å². The second-order valence-electron chi connectivity index (χ2n) is 7.37. The van der Waals surface area contributed by atoms with Crippen molar-refractivity contribution in [3.05, 3.63) is 96.6 Å². The Morgan fingerprint density at radius 2 is 1.09 bits per heavy atom. The summed E-state index contributed by atoms with van der Waals surface area (Å²) in [5.41, 5.74) is 6.78. The van der Waals surface area contributed by atoms with Gasteiger partial charge in [-0.1, -0.05) is 48.5 Å². The van der Waals surface area contributed by atoms with Gasteiger partial charge in [-0.25, -0.2) is 0 Å². The van der Waals surface area contributed by atoms with Crippen LogP contribution in [0.25, 0.3) is 21.8 Å². The van der Waals surface area contributed by atoms with Gasteiger partial charge >= 0.3 is 33.3 Å². The van der Waals surface area contributed by atoms with Crippen LogP contribution in [0.2, 0.25) is 0 Å². The summed E-state index contributed by atoms with van der Waals surface area (Å²) < 4.78 is 0. The van der Waals surface area contributed by atoms with Crippen LogP contribution in [0.3, 0.4) is 0 Å². The molecule has 0 saturated carbocycles. The standard InChI is InChI=1S/C26H20N5.2ClH.Fe/c1-17(29-23-11-3-7-19-9-5-15-27-25(19)23)21-13-14-22(31-21)18(2)30-24-12-4-8-20-10-6-16-28-26(20)24;;;/h3-16H,1-2H3;2*1H;/q-1;;;+3/p-2. The molecule has 8 heteroatoms. The van der Waals surface area contributed by atoms with Gasteiger partial charge in [-0.05, 0) is 38.1 Å². The zero-order valence-corrected chi connectivity index (χ0v) is 21.0. The van der Waals surface area contributed by atoms with E-state index >= 15 is 0 Å². The third-order valence-corrected chi connectivity index (χ3v) is 5.18. The van der Waals surface area contributed by atoms with Crippen molar-refractivity contribution in [3.8, 4) is 0 Å². The predicted molar refractivity (Wildman–Crippen MR) is 139 cm³/mol. The molecular formula is C26H20Cl2FeN5. The van der Waals surface area contributed by atoms with Gasteiger partial charge in [-0.2, -0.15) is 0 Å². The molecule has 0 amide bonds. The molecule has 0 saturated heterocycles. The maximum atomic E-state index is 4.80. The van der Waals surface area contributed by atoms with Crippen molar-refractivity contribution < 1.29 is 13.1 Å². The van der Waals surface area contributed by atoms with Gasteiger partial charge in [0, 0.05) is 34.6 Å². The van der Waals surface area contributed by atoms with Crippen molar-refractivity contribution in [2.75, 3.05) is 0 Å². The summed E-state index contributed by atoms with van der Waals surface area (Å²) in [5.74, 6) is 0. The molecule has 5 nitrogen and oxygen atoms in total. The van der Waals surface area contributed by atoms with Crippen molar-refractivity contribution in [1.29, 1.82) is 0 Å². The van der Waals surface area contributed by atoms with Crippen LogP contribution in [-0.2, 0) is 13.1 Å². The van der Waals surface area contributed by atoms with Gasteiger partial charge in [0.25, 0.3) is 0 Å². The molecule has 5 rings (SSSR count). The minimum absolute atomic E-state index is 0.194. The maximum absolute atomic E-state index is 4.80. The van der Waals surface area contributed by atoms with E-state index in [9.17, 15) is 0 Å². The second kappa shape index (κ2) is 11.4. The summed E-state index contributed by atoms with van der Waals surface area (Å²) in [7, 11) is 9.53. The third-order valence-electron chi connectivity index (χ3n) is 5.18. The molecule has 0 radical (unpaired) electrons. The molecule has 3 heterocycles. The quantitative estimate of drug-likeness (QED) is 0.180. The molecule has 0 aliphatic carbocycles. The van der Waals surface area contributed by atoms with E-state index in [0.717, 1.165) is 56.0 Å². The first-order chi connectivity index (χ1) is 16.6. The Bertz CT molecular complexity index is 1370. The molecular weight excluding hydrogens is 509 g/mol. The van der Waals surface area contributed by atoms with Crippen LogP contribution in [0.5, 0.6) is 0 Å². The number of pyridine rings is 2. The molecule has 0 atom stereocenters. The number of rotatable bonds is 4. The van der Waals surface area contributed by atoms with Crippen LogP contribution in [0.1, 0.15) is 25.2 Å². The first kappa shape index (κ1) is 24.1. The summed E-state index contributed by atoms with van der Waals surface area (Å²) in [6.45, 7) is 3.93. The van der Waals surface area contributed by atoms with Crippen molar-refractivity contribution in [2.45, 2.75) is 13.8 Å². The third kappa shape index (κ3) is 5.54. The van der Waals surface area contributed by atoms with E-state index in [1.165, 1.54) is 0 Å². The Balaban J connectivity index is 0.000000868. The van der Waals surface area contributed by atoms with Crippen LogP contribution in [0, 0.1) is 0 Å². The van der Waals surface area contributed by atoms with E-state index < -0.39 is 0 Å². The number of halogens is 2. The first-order valence-electron chi connectivity index (χ1n) is 10.4. The monoisotopic (exact) mass is 528 g/mol. The van der Waals surface area contributed by atoms with E-state index in [1.54, 1.807) is 12.4 Å². The molecule has 0 aliphatic rings. The molecule has 2 aromatic carbocycles. The number of nitrogens with zero attached hydrogens (tertiary/aromatic N) is 5. The van der Waals surface area contributed by atoms with Crippen LogP contribution >= 0.6 is 20.2 Å². The Morgan fingerprint density at radius 3 is 1.53 bits per heavy atom. The van der Waals surface area contributed by atoms with Gasteiger partial charge in [-0.3, -0.25) is 20.0 Å². The zero-order valence-electron chi connectivity index (χ0n) is 18.4. The summed E-state index contributed by atoms with van der Waals surface area (Å²) in [6.07, 6.45) is 3.58. The summed E-state index contributed by atoms with van der Waals surface area (Å²) >= 11 is 0.194. The predicted octanol–water partition coefficient (Wildman–Crippen LogP) is 7.40. The summed E-state index contributed by atoms with van der Waals surface area (Å²) in [6, 6.07) is 23.9. The fourth-order valence-electron chi connectivity index (χ4n) is 3.60. The van der Waals surface area contributed by atoms with E-state index in [-0.39, 0.29) is 13.1 Å². The average Bonchev–Trinajstić information content (AvgIpc) is 3.36. The number of aromatic nitrogens is 3. The first-order valence-corrected chi connectivity index (χ1v) is 13.4. The molecule has 0 fully saturated rings. The average molecular weight is 529 g/mol. The normalized spacial score (nSPS) is 12.0. The fraction of sp³-hybridized carbons (Fsp3) is 0.0769. The van der Waals surface area contributed by atoms with Crippen LogP contribution in [0.4, 0.5) is 11.4 Å². The van der Waals surface area contributed by atoms with E-state index in [2.05, 4.69) is 9.97 Å². The number of fused-ring (bicyclic) bond motifs is 2. The summed E-state index contributed by atoms with van der Waals surface area (Å²) in [5, 5.41) is 2.14. The Labute approximate surface area is 212 Å². The van der Waals surface area contributed by atoms with E-state index in [1.807, 2.05) is 86.6 Å². The van der Waals surface area contributed by atoms with Crippen molar-refractivity contribution in [1.82, 2.24) is 15.0 Å². The Morgan fingerprint density at radius 1 is 0.676 bits per heavy atom. The van der Waals surface area contributed by atoms with Crippen LogP contribution in [-0.4, -0.2) is 21.4 Å². The summed E-state index contributed by atoms with van der Waals surface area (Å²) in [4.78, 5) is 23.3. The molecule has 34 heavy (non-hydrogen) atoms. The Hall–Kier alpha value is -3.02. The number of para-hydroxylation sites is 2. The second-order valence-corrected chi connectivity index (χ2v) is 9.19. The van der Waals surface area contributed by atoms with Gasteiger partial charge in [0.1, 0.15) is 0 Å². The SMILES string of the molecule is CC(=Nc1cccc2cccnc12)c1ccc(C(C)=Nc2cccc3cccnc23)[n-]1.[Cl][Fe+][Cl]. The topological polar surface area (TPSA) is 64.6 Å². The van der Waals surface area contributed by atoms with Gasteiger partial charge in [0.2, 0.25) is 0 Å². The van der Waals surface area contributed by atoms with Crippen LogP contribution < -0.4 is 4.98 Å². The zero-order chi connectivity index (χ0) is 23.9. The van der Waals surface area contributed by atoms with Crippen molar-refractivity contribution in [3.63, 3.8) is 0 Å².